The summed E-state index contributed by atoms with van der Waals surface area (Å²) in [7, 11) is 0. The van der Waals surface area contributed by atoms with Crippen molar-refractivity contribution in [1.82, 2.24) is 10.2 Å². The topological polar surface area (TPSA) is 52.6 Å². The number of carbonyl (C=O) groups excluding carboxylic acids is 1. The molecule has 2 rings (SSSR count). The number of nitrogens with zero attached hydrogens (tertiary/aromatic N) is 1. The Morgan fingerprint density at radius 3 is 2.46 bits per heavy atom. The van der Waals surface area contributed by atoms with Gasteiger partial charge >= 0.3 is 0 Å². The molecule has 1 unspecified atom stereocenters. The second-order valence-electron chi connectivity index (χ2n) is 7.14. The first kappa shape index (κ1) is 18.9. The zero-order valence-corrected chi connectivity index (χ0v) is 14.7. The summed E-state index contributed by atoms with van der Waals surface area (Å²) < 4.78 is 13.0. The van der Waals surface area contributed by atoms with Crippen LogP contribution < -0.4 is 5.32 Å². The molecule has 5 heteroatoms. The Bertz CT molecular complexity index is 511. The SMILES string of the molecule is CC(C)CC(NCc1ccc(F)cc1)C(=O)N1CCC(CO)CC1. The molecule has 1 fully saturated rings. The Labute approximate surface area is 144 Å². The molecular weight excluding hydrogens is 307 g/mol. The lowest BCUT2D eigenvalue weighted by atomic mass is 9.96. The average molecular weight is 336 g/mol. The minimum absolute atomic E-state index is 0.141. The van der Waals surface area contributed by atoms with E-state index < -0.39 is 0 Å². The van der Waals surface area contributed by atoms with Crippen LogP contribution in [-0.2, 0) is 11.3 Å². The van der Waals surface area contributed by atoms with Gasteiger partial charge < -0.3 is 15.3 Å². The lowest BCUT2D eigenvalue weighted by Crippen LogP contribution is -2.49. The zero-order chi connectivity index (χ0) is 17.5. The van der Waals surface area contributed by atoms with Gasteiger partial charge in [-0.05, 0) is 48.8 Å². The highest BCUT2D eigenvalue weighted by molar-refractivity contribution is 5.82. The maximum Gasteiger partial charge on any atom is 0.239 e. The van der Waals surface area contributed by atoms with Crippen molar-refractivity contribution in [2.75, 3.05) is 19.7 Å². The number of nitrogens with one attached hydrogen (secondary N) is 1. The maximum absolute atomic E-state index is 13.0. The molecule has 0 bridgehead atoms. The molecule has 1 amide bonds. The van der Waals surface area contributed by atoms with E-state index in [9.17, 15) is 14.3 Å². The highest BCUT2D eigenvalue weighted by Gasteiger charge is 2.28. The Morgan fingerprint density at radius 1 is 1.29 bits per heavy atom. The van der Waals surface area contributed by atoms with Crippen LogP contribution in [0.25, 0.3) is 0 Å². The van der Waals surface area contributed by atoms with Crippen molar-refractivity contribution in [3.8, 4) is 0 Å². The minimum Gasteiger partial charge on any atom is -0.396 e. The second kappa shape index (κ2) is 9.14. The Balaban J connectivity index is 1.94. The van der Waals surface area contributed by atoms with Crippen LogP contribution in [0.4, 0.5) is 4.39 Å². The van der Waals surface area contributed by atoms with E-state index >= 15 is 0 Å². The van der Waals surface area contributed by atoms with Gasteiger partial charge in [0.2, 0.25) is 5.91 Å². The fraction of sp³-hybridized carbons (Fsp3) is 0.632. The van der Waals surface area contributed by atoms with Crippen molar-refractivity contribution in [3.63, 3.8) is 0 Å². The monoisotopic (exact) mass is 336 g/mol. The highest BCUT2D eigenvalue weighted by atomic mass is 19.1. The van der Waals surface area contributed by atoms with Crippen molar-refractivity contribution in [1.29, 1.82) is 0 Å². The van der Waals surface area contributed by atoms with Crippen LogP contribution in [0.2, 0.25) is 0 Å². The molecule has 134 valence electrons. The number of benzene rings is 1. The van der Waals surface area contributed by atoms with E-state index in [1.54, 1.807) is 12.1 Å². The molecule has 1 aliphatic rings. The van der Waals surface area contributed by atoms with Crippen molar-refractivity contribution < 1.29 is 14.3 Å². The number of rotatable bonds is 7. The molecule has 24 heavy (non-hydrogen) atoms. The van der Waals surface area contributed by atoms with Gasteiger partial charge in [-0.1, -0.05) is 26.0 Å². The maximum atomic E-state index is 13.0. The Morgan fingerprint density at radius 2 is 1.92 bits per heavy atom. The minimum atomic E-state index is -0.250. The molecule has 1 atom stereocenters. The van der Waals surface area contributed by atoms with E-state index in [2.05, 4.69) is 19.2 Å². The molecule has 0 aromatic heterocycles. The van der Waals surface area contributed by atoms with Crippen LogP contribution in [-0.4, -0.2) is 41.7 Å². The molecule has 0 saturated carbocycles. The summed E-state index contributed by atoms with van der Waals surface area (Å²) in [6.45, 7) is 6.42. The average Bonchev–Trinajstić information content (AvgIpc) is 2.59. The summed E-state index contributed by atoms with van der Waals surface area (Å²) in [5.41, 5.74) is 0.969. The molecule has 4 nitrogen and oxygen atoms in total. The largest absolute Gasteiger partial charge is 0.396 e. The van der Waals surface area contributed by atoms with Gasteiger partial charge in [0.1, 0.15) is 5.82 Å². The van der Waals surface area contributed by atoms with E-state index in [0.29, 0.717) is 18.4 Å². The Kier molecular flexibility index (Phi) is 7.18. The van der Waals surface area contributed by atoms with Crippen LogP contribution in [0.15, 0.2) is 24.3 Å². The summed E-state index contributed by atoms with van der Waals surface area (Å²) in [6, 6.07) is 6.14. The van der Waals surface area contributed by atoms with Gasteiger partial charge in [-0.2, -0.15) is 0 Å². The van der Waals surface area contributed by atoms with Gasteiger partial charge in [-0.3, -0.25) is 4.79 Å². The third-order valence-electron chi connectivity index (χ3n) is 4.66. The third kappa shape index (κ3) is 5.56. The molecular formula is C19H29FN2O2. The van der Waals surface area contributed by atoms with Crippen LogP contribution in [0.5, 0.6) is 0 Å². The molecule has 1 aromatic rings. The van der Waals surface area contributed by atoms with Gasteiger partial charge in [-0.15, -0.1) is 0 Å². The lowest BCUT2D eigenvalue weighted by Gasteiger charge is -2.34. The third-order valence-corrected chi connectivity index (χ3v) is 4.66. The van der Waals surface area contributed by atoms with Crippen molar-refractivity contribution in [2.45, 2.75) is 45.7 Å². The molecule has 1 saturated heterocycles. The number of piperidine rings is 1. The summed E-state index contributed by atoms with van der Waals surface area (Å²) >= 11 is 0. The van der Waals surface area contributed by atoms with Gasteiger partial charge in [0.05, 0.1) is 6.04 Å². The molecule has 0 aliphatic carbocycles. The van der Waals surface area contributed by atoms with E-state index in [0.717, 1.165) is 37.9 Å². The summed E-state index contributed by atoms with van der Waals surface area (Å²) in [5.74, 6) is 0.627. The standard InChI is InChI=1S/C19H29FN2O2/c1-14(2)11-18(21-12-15-3-5-17(20)6-4-15)19(24)22-9-7-16(13-23)8-10-22/h3-6,14,16,18,21,23H,7-13H2,1-2H3. The van der Waals surface area contributed by atoms with Gasteiger partial charge in [0.15, 0.2) is 0 Å². The lowest BCUT2D eigenvalue weighted by molar-refractivity contribution is -0.135. The number of amides is 1. The van der Waals surface area contributed by atoms with Gasteiger partial charge in [-0.25, -0.2) is 4.39 Å². The normalized spacial score (nSPS) is 17.3. The molecule has 0 radical (unpaired) electrons. The van der Waals surface area contributed by atoms with Crippen LogP contribution in [0, 0.1) is 17.7 Å². The summed E-state index contributed by atoms with van der Waals surface area (Å²) in [6.07, 6.45) is 2.52. The summed E-state index contributed by atoms with van der Waals surface area (Å²) in [4.78, 5) is 14.8. The predicted octanol–water partition coefficient (Wildman–Crippen LogP) is 2.56. The number of hydrogen-bond acceptors (Lipinski definition) is 3. The van der Waals surface area contributed by atoms with Crippen molar-refractivity contribution >= 4 is 5.91 Å². The Hall–Kier alpha value is -1.46. The number of likely N-dealkylation sites (tertiary alicyclic amines) is 1. The fourth-order valence-electron chi connectivity index (χ4n) is 3.14. The van der Waals surface area contributed by atoms with Crippen LogP contribution in [0.3, 0.4) is 0 Å². The van der Waals surface area contributed by atoms with E-state index in [1.165, 1.54) is 12.1 Å². The highest BCUT2D eigenvalue weighted by Crippen LogP contribution is 2.18. The first-order chi connectivity index (χ1) is 11.5. The van der Waals surface area contributed by atoms with E-state index in [-0.39, 0.29) is 24.4 Å². The predicted molar refractivity (Wildman–Crippen MR) is 92.9 cm³/mol. The second-order valence-corrected chi connectivity index (χ2v) is 7.14. The smallest absolute Gasteiger partial charge is 0.239 e. The zero-order valence-electron chi connectivity index (χ0n) is 14.7. The number of hydrogen-bond donors (Lipinski definition) is 2. The first-order valence-corrected chi connectivity index (χ1v) is 8.87. The number of aliphatic hydroxyl groups excluding tert-OH is 1. The molecule has 1 heterocycles. The summed E-state index contributed by atoms with van der Waals surface area (Å²) in [5, 5.41) is 12.6. The first-order valence-electron chi connectivity index (χ1n) is 8.87. The van der Waals surface area contributed by atoms with E-state index in [1.807, 2.05) is 4.90 Å². The fourth-order valence-corrected chi connectivity index (χ4v) is 3.14. The number of aliphatic hydroxyl groups is 1. The van der Waals surface area contributed by atoms with Gasteiger partial charge in [0, 0.05) is 26.2 Å². The molecule has 1 aliphatic heterocycles. The number of carbonyl (C=O) groups is 1. The molecule has 1 aromatic carbocycles. The molecule has 0 spiro atoms. The molecule has 2 N–H and O–H groups in total. The van der Waals surface area contributed by atoms with E-state index in [4.69, 9.17) is 0 Å². The van der Waals surface area contributed by atoms with Crippen LogP contribution >= 0.6 is 0 Å². The van der Waals surface area contributed by atoms with Crippen molar-refractivity contribution in [3.05, 3.63) is 35.6 Å². The van der Waals surface area contributed by atoms with Gasteiger partial charge in [0.25, 0.3) is 0 Å². The number of halogens is 1. The quantitative estimate of drug-likeness (QED) is 0.805. The van der Waals surface area contributed by atoms with Crippen molar-refractivity contribution in [2.24, 2.45) is 11.8 Å². The van der Waals surface area contributed by atoms with Crippen LogP contribution in [0.1, 0.15) is 38.7 Å².